The summed E-state index contributed by atoms with van der Waals surface area (Å²) >= 11 is 0. The first-order valence-corrected chi connectivity index (χ1v) is 55.6. The third kappa shape index (κ3) is 68.5. The van der Waals surface area contributed by atoms with E-state index in [1.807, 2.05) is 0 Å². The van der Waals surface area contributed by atoms with Gasteiger partial charge in [0, 0.05) is 23.3 Å². The summed E-state index contributed by atoms with van der Waals surface area (Å²) in [6.45, 7) is 21.8. The predicted octanol–water partition coefficient (Wildman–Crippen LogP) is 41.4. The van der Waals surface area contributed by atoms with Crippen molar-refractivity contribution in [3.8, 4) is 23.0 Å². The van der Waals surface area contributed by atoms with Gasteiger partial charge in [-0.1, -0.05) is 566 Å². The smallest absolute Gasteiger partial charge is 0.130 e. The topological polar surface area (TPSA) is 36.9 Å². The second-order valence-electron chi connectivity index (χ2n) is 39.4. The Morgan fingerprint density at radius 3 is 0.500 bits per heavy atom. The third-order valence-corrected chi connectivity index (χ3v) is 27.5. The van der Waals surface area contributed by atoms with Gasteiger partial charge < -0.3 is 18.9 Å². The van der Waals surface area contributed by atoms with Crippen molar-refractivity contribution in [1.82, 2.24) is 0 Å². The van der Waals surface area contributed by atoms with Gasteiger partial charge >= 0.3 is 0 Å². The number of unbranched alkanes of at least 4 members (excludes halogenated alkanes) is 64. The van der Waals surface area contributed by atoms with E-state index in [0.29, 0.717) is 23.7 Å². The van der Waals surface area contributed by atoms with E-state index < -0.39 is 0 Å². The minimum atomic E-state index is 0.564. The van der Waals surface area contributed by atoms with Gasteiger partial charge in [0.1, 0.15) is 23.0 Å². The molecule has 0 aliphatic heterocycles. The quantitative estimate of drug-likeness (QED) is 0.0417. The largest absolute Gasteiger partial charge is 0.493 e. The first kappa shape index (κ1) is 113. The van der Waals surface area contributed by atoms with Crippen LogP contribution < -0.4 is 18.9 Å². The van der Waals surface area contributed by atoms with Crippen LogP contribution in [-0.2, 0) is 0 Å². The summed E-state index contributed by atoms with van der Waals surface area (Å²) in [7, 11) is 0. The fraction of sp³-hybridized carbons (Fsp3) is 0.814. The van der Waals surface area contributed by atoms with Gasteiger partial charge in [-0.15, -0.1) is 0 Å². The molecule has 706 valence electrons. The molecule has 4 atom stereocenters. The zero-order valence-electron chi connectivity index (χ0n) is 83.4. The molecule has 0 saturated carbocycles. The lowest BCUT2D eigenvalue weighted by Gasteiger charge is -2.21. The van der Waals surface area contributed by atoms with Crippen LogP contribution in [0.15, 0.2) is 60.7 Å². The maximum Gasteiger partial charge on any atom is 0.130 e. The highest BCUT2D eigenvalue weighted by atomic mass is 16.5. The van der Waals surface area contributed by atoms with Gasteiger partial charge in [-0.25, -0.2) is 0 Å². The molecule has 0 aliphatic rings. The maximum atomic E-state index is 7.23. The monoisotopic (exact) mass is 1690 g/mol. The first-order valence-electron chi connectivity index (χ1n) is 55.6. The average molecular weight is 1690 g/mol. The molecular formula is C118H210O4. The average Bonchev–Trinajstić information content (AvgIpc) is 0.852. The molecule has 3 aromatic carbocycles. The molecule has 0 heterocycles. The Kier molecular flexibility index (Phi) is 81.2. The molecular weight excluding hydrogens is 1480 g/mol. The third-order valence-electron chi connectivity index (χ3n) is 27.5. The summed E-state index contributed by atoms with van der Waals surface area (Å²) in [5.74, 6) is 6.21. The number of ether oxygens (including phenoxy) is 4. The standard InChI is InChI=1S/C118H210O4/c1-9-17-25-33-41-49-53-61-69-75-83-109(81-73-65-57-45-37-29-21-13-5)103-119-115-99-97-113(117(101-115)121-105-111(85-77-67-59-47-39-31-23-15-7)87-79-71-63-55-51-43-35-27-19-11-3)95-93-107-89-91-108(92-90-107)94-96-114-98-100-116(120-104-110(82-74-66-58-46-38-30-22-14-6)84-76-70-62-54-50-42-34-26-18-10-2)102-118(114)122-106-112(86-78-68-60-48-40-32-24-16-8)88-80-72-64-56-52-44-36-28-20-12-4/h89-102,109-112H,9-88,103-106H2,1-8H3/b95-93+,96-94+. The molecule has 0 radical (unpaired) electrons. The van der Waals surface area contributed by atoms with E-state index in [4.69, 9.17) is 18.9 Å². The number of hydrogen-bond acceptors (Lipinski definition) is 4. The molecule has 0 spiro atoms. The lowest BCUT2D eigenvalue weighted by Crippen LogP contribution is -2.14. The lowest BCUT2D eigenvalue weighted by atomic mass is 9.94. The fourth-order valence-electron chi connectivity index (χ4n) is 18.9. The van der Waals surface area contributed by atoms with Crippen molar-refractivity contribution in [2.24, 2.45) is 23.7 Å². The predicted molar refractivity (Wildman–Crippen MR) is 548 cm³/mol. The zero-order valence-corrected chi connectivity index (χ0v) is 83.4. The van der Waals surface area contributed by atoms with Gasteiger partial charge in [0.05, 0.1) is 26.4 Å². The van der Waals surface area contributed by atoms with Crippen LogP contribution >= 0.6 is 0 Å². The van der Waals surface area contributed by atoms with Crippen LogP contribution in [0.25, 0.3) is 24.3 Å². The molecule has 4 unspecified atom stereocenters. The number of rotatable bonds is 96. The number of benzene rings is 3. The van der Waals surface area contributed by atoms with Crippen molar-refractivity contribution < 1.29 is 18.9 Å². The van der Waals surface area contributed by atoms with Crippen molar-refractivity contribution in [2.45, 2.75) is 569 Å². The van der Waals surface area contributed by atoms with Crippen LogP contribution in [0.4, 0.5) is 0 Å². The molecule has 0 bridgehead atoms. The van der Waals surface area contributed by atoms with Gasteiger partial charge in [0.25, 0.3) is 0 Å². The molecule has 0 aromatic heterocycles. The number of hydrogen-bond donors (Lipinski definition) is 0. The minimum absolute atomic E-state index is 0.564. The van der Waals surface area contributed by atoms with Gasteiger partial charge in [-0.05, 0) is 110 Å². The van der Waals surface area contributed by atoms with E-state index in [0.717, 1.165) is 60.6 Å². The summed E-state index contributed by atoms with van der Waals surface area (Å²) in [5.41, 5.74) is 4.68. The first-order chi connectivity index (χ1) is 60.4. The molecule has 0 N–H and O–H groups in total. The van der Waals surface area contributed by atoms with Crippen LogP contribution in [0, 0.1) is 23.7 Å². The Bertz CT molecular complexity index is 2490. The lowest BCUT2D eigenvalue weighted by molar-refractivity contribution is 0.214. The molecule has 0 fully saturated rings. The molecule has 3 aromatic rings. The summed E-state index contributed by atoms with van der Waals surface area (Å²) < 4.78 is 28.4. The molecule has 0 saturated heterocycles. The molecule has 0 aliphatic carbocycles. The van der Waals surface area contributed by atoms with Crippen LogP contribution in [0.2, 0.25) is 0 Å². The molecule has 4 heteroatoms. The summed E-state index contributed by atoms with van der Waals surface area (Å²) in [4.78, 5) is 0. The molecule has 4 nitrogen and oxygen atoms in total. The highest BCUT2D eigenvalue weighted by Crippen LogP contribution is 2.35. The Morgan fingerprint density at radius 2 is 0.328 bits per heavy atom. The zero-order chi connectivity index (χ0) is 87.1. The van der Waals surface area contributed by atoms with E-state index in [-0.39, 0.29) is 0 Å². The second-order valence-corrected chi connectivity index (χ2v) is 39.4. The van der Waals surface area contributed by atoms with Crippen molar-refractivity contribution in [3.63, 3.8) is 0 Å². The highest BCUT2D eigenvalue weighted by molar-refractivity contribution is 5.76. The van der Waals surface area contributed by atoms with Gasteiger partial charge in [-0.3, -0.25) is 0 Å². The van der Waals surface area contributed by atoms with Crippen LogP contribution in [0.1, 0.15) is 591 Å². The molecule has 0 amide bonds. The minimum Gasteiger partial charge on any atom is -0.493 e. The van der Waals surface area contributed by atoms with E-state index in [1.165, 1.54) is 525 Å². The summed E-state index contributed by atoms with van der Waals surface area (Å²) in [6, 6.07) is 22.9. The second kappa shape index (κ2) is 88.0. The van der Waals surface area contributed by atoms with E-state index in [2.05, 4.69) is 140 Å². The fourth-order valence-corrected chi connectivity index (χ4v) is 18.9. The van der Waals surface area contributed by atoms with Gasteiger partial charge in [0.15, 0.2) is 0 Å². The maximum absolute atomic E-state index is 7.23. The van der Waals surface area contributed by atoms with Crippen LogP contribution in [0.5, 0.6) is 23.0 Å². The highest BCUT2D eigenvalue weighted by Gasteiger charge is 2.19. The van der Waals surface area contributed by atoms with E-state index >= 15 is 0 Å². The Balaban J connectivity index is 2.01. The SMILES string of the molecule is CCCCCCCCCCCCC(CCCCCCCCCC)COc1ccc(/C=C/c2ccc(/C=C/c3ccc(OCC(CCCCCCCCCC)CCCCCCCCCCCC)cc3OCC(CCCCCCCCCC)CCCCCCCCCCCC)cc2)c(OCC(CCCCCCCCCC)CCCCCCCCCCCC)c1. The van der Waals surface area contributed by atoms with Crippen molar-refractivity contribution in [2.75, 3.05) is 26.4 Å². The van der Waals surface area contributed by atoms with Crippen molar-refractivity contribution >= 4 is 24.3 Å². The Hall–Kier alpha value is -3.66. The Labute approximate surface area is 763 Å². The van der Waals surface area contributed by atoms with Crippen LogP contribution in [-0.4, -0.2) is 26.4 Å². The van der Waals surface area contributed by atoms with E-state index in [9.17, 15) is 0 Å². The summed E-state index contributed by atoms with van der Waals surface area (Å²) in [5, 5.41) is 0. The van der Waals surface area contributed by atoms with Crippen LogP contribution in [0.3, 0.4) is 0 Å². The summed E-state index contributed by atoms with van der Waals surface area (Å²) in [6.07, 6.45) is 119. The molecule has 3 rings (SSSR count). The van der Waals surface area contributed by atoms with Crippen molar-refractivity contribution in [3.05, 3.63) is 82.9 Å². The van der Waals surface area contributed by atoms with Crippen molar-refractivity contribution in [1.29, 1.82) is 0 Å². The Morgan fingerprint density at radius 1 is 0.172 bits per heavy atom. The van der Waals surface area contributed by atoms with Gasteiger partial charge in [0.2, 0.25) is 0 Å². The van der Waals surface area contributed by atoms with E-state index in [1.54, 1.807) is 0 Å². The normalized spacial score (nSPS) is 12.9. The molecule has 122 heavy (non-hydrogen) atoms. The van der Waals surface area contributed by atoms with Gasteiger partial charge in [-0.2, -0.15) is 0 Å².